The van der Waals surface area contributed by atoms with Gasteiger partial charge in [0.15, 0.2) is 0 Å². The van der Waals surface area contributed by atoms with E-state index in [1.807, 2.05) is 48.5 Å². The van der Waals surface area contributed by atoms with Crippen molar-refractivity contribution in [3.63, 3.8) is 0 Å². The largest absolute Gasteiger partial charge is 0.334 e. The minimum absolute atomic E-state index is 0.191. The molecular weight excluding hydrogens is 448 g/mol. The third-order valence-electron chi connectivity index (χ3n) is 5.02. The maximum absolute atomic E-state index is 12.8. The fraction of sp³-hybridized carbons (Fsp3) is 0.0769. The van der Waals surface area contributed by atoms with Gasteiger partial charge >= 0.3 is 6.03 Å². The van der Waals surface area contributed by atoms with Crippen LogP contribution in [0.4, 0.5) is 16.2 Å². The highest BCUT2D eigenvalue weighted by atomic mass is 32.2. The van der Waals surface area contributed by atoms with Gasteiger partial charge in [-0.2, -0.15) is 0 Å². The molecule has 0 fully saturated rings. The molecule has 0 aliphatic carbocycles. The monoisotopic (exact) mass is 472 g/mol. The summed E-state index contributed by atoms with van der Waals surface area (Å²) in [6.45, 7) is 0.353. The Morgan fingerprint density at radius 2 is 1.53 bits per heavy atom. The summed E-state index contributed by atoms with van der Waals surface area (Å²) in [5.74, 6) is -0.191. The SMILES string of the molecule is O=C(NCc1cccnc1)Nc1ccc(CS(=O)(=O)Nc2ccccc2-c2ccccc2)cc1. The van der Waals surface area contributed by atoms with Crippen molar-refractivity contribution < 1.29 is 13.2 Å². The molecule has 0 spiro atoms. The molecule has 7 nitrogen and oxygen atoms in total. The molecule has 3 aromatic carbocycles. The van der Waals surface area contributed by atoms with Gasteiger partial charge in [-0.1, -0.05) is 66.7 Å². The molecule has 3 N–H and O–H groups in total. The van der Waals surface area contributed by atoms with E-state index in [4.69, 9.17) is 0 Å². The number of carbonyl (C=O) groups excluding carboxylic acids is 1. The van der Waals surface area contributed by atoms with Crippen LogP contribution in [0, 0.1) is 0 Å². The van der Waals surface area contributed by atoms with Gasteiger partial charge in [-0.25, -0.2) is 13.2 Å². The zero-order valence-corrected chi connectivity index (χ0v) is 19.1. The van der Waals surface area contributed by atoms with Crippen LogP contribution in [-0.2, 0) is 22.3 Å². The maximum Gasteiger partial charge on any atom is 0.319 e. The van der Waals surface area contributed by atoms with Crippen LogP contribution >= 0.6 is 0 Å². The zero-order valence-electron chi connectivity index (χ0n) is 18.3. The third kappa shape index (κ3) is 6.43. The Balaban J connectivity index is 1.36. The van der Waals surface area contributed by atoms with Gasteiger partial charge in [0, 0.05) is 30.2 Å². The number of hydrogen-bond donors (Lipinski definition) is 3. The standard InChI is InChI=1S/C26H24N4O3S/c31-26(28-18-21-7-6-16-27-17-21)29-23-14-12-20(13-15-23)19-34(32,33)30-25-11-5-4-10-24(25)22-8-2-1-3-9-22/h1-17,30H,18-19H2,(H2,28,29,31). The topological polar surface area (TPSA) is 100 Å². The molecule has 0 radical (unpaired) electrons. The molecule has 0 atom stereocenters. The van der Waals surface area contributed by atoms with Gasteiger partial charge in [-0.15, -0.1) is 0 Å². The number of anilines is 2. The molecule has 0 unspecified atom stereocenters. The quantitative estimate of drug-likeness (QED) is 0.335. The number of nitrogens with zero attached hydrogens (tertiary/aromatic N) is 1. The number of sulfonamides is 1. The number of aromatic nitrogens is 1. The van der Waals surface area contributed by atoms with Gasteiger partial charge in [0.25, 0.3) is 0 Å². The lowest BCUT2D eigenvalue weighted by atomic mass is 10.0. The Hall–Kier alpha value is -4.17. The average Bonchev–Trinajstić information content (AvgIpc) is 2.85. The highest BCUT2D eigenvalue weighted by molar-refractivity contribution is 7.91. The van der Waals surface area contributed by atoms with Gasteiger partial charge in [0.05, 0.1) is 11.4 Å². The van der Waals surface area contributed by atoms with E-state index >= 15 is 0 Å². The first-order valence-electron chi connectivity index (χ1n) is 10.7. The van der Waals surface area contributed by atoms with Crippen molar-refractivity contribution in [3.8, 4) is 11.1 Å². The summed E-state index contributed by atoms with van der Waals surface area (Å²) in [5.41, 5.74) is 4.32. The van der Waals surface area contributed by atoms with Crippen molar-refractivity contribution in [1.29, 1.82) is 0 Å². The molecule has 172 valence electrons. The summed E-state index contributed by atoms with van der Waals surface area (Å²) in [4.78, 5) is 16.1. The van der Waals surface area contributed by atoms with Crippen molar-refractivity contribution in [2.24, 2.45) is 0 Å². The summed E-state index contributed by atoms with van der Waals surface area (Å²) in [7, 11) is -3.65. The maximum atomic E-state index is 12.8. The number of rotatable bonds is 8. The molecule has 4 aromatic rings. The first-order chi connectivity index (χ1) is 16.5. The van der Waals surface area contributed by atoms with Crippen molar-refractivity contribution >= 4 is 27.4 Å². The number of para-hydroxylation sites is 1. The molecule has 34 heavy (non-hydrogen) atoms. The minimum atomic E-state index is -3.65. The van der Waals surface area contributed by atoms with Crippen molar-refractivity contribution in [2.75, 3.05) is 10.0 Å². The van der Waals surface area contributed by atoms with Gasteiger partial charge in [0.2, 0.25) is 10.0 Å². The molecule has 0 aliphatic heterocycles. The van der Waals surface area contributed by atoms with E-state index < -0.39 is 10.0 Å². The molecule has 8 heteroatoms. The summed E-state index contributed by atoms with van der Waals surface area (Å²) in [6, 6.07) is 26.9. The lowest BCUT2D eigenvalue weighted by Gasteiger charge is -2.13. The lowest BCUT2D eigenvalue weighted by molar-refractivity contribution is 0.251. The van der Waals surface area contributed by atoms with Crippen LogP contribution in [0.3, 0.4) is 0 Å². The van der Waals surface area contributed by atoms with Crippen LogP contribution in [0.1, 0.15) is 11.1 Å². The lowest BCUT2D eigenvalue weighted by Crippen LogP contribution is -2.28. The minimum Gasteiger partial charge on any atom is -0.334 e. The first-order valence-corrected chi connectivity index (χ1v) is 12.3. The predicted molar refractivity (Wildman–Crippen MR) is 135 cm³/mol. The van der Waals surface area contributed by atoms with Crippen molar-refractivity contribution in [3.05, 3.63) is 115 Å². The Labute approximate surface area is 198 Å². The Kier molecular flexibility index (Phi) is 7.19. The molecule has 0 saturated heterocycles. The number of nitrogens with one attached hydrogen (secondary N) is 3. The van der Waals surface area contributed by atoms with E-state index in [1.165, 1.54) is 0 Å². The van der Waals surface area contributed by atoms with E-state index in [0.29, 0.717) is 23.5 Å². The van der Waals surface area contributed by atoms with E-state index in [1.54, 1.807) is 54.9 Å². The van der Waals surface area contributed by atoms with Gasteiger partial charge in [0.1, 0.15) is 0 Å². The number of hydrogen-bond acceptors (Lipinski definition) is 4. The van der Waals surface area contributed by atoms with Crippen LogP contribution in [0.5, 0.6) is 0 Å². The predicted octanol–water partition coefficient (Wildman–Crippen LogP) is 5.01. The Morgan fingerprint density at radius 1 is 0.794 bits per heavy atom. The Bertz CT molecular complexity index is 1340. The molecule has 1 aromatic heterocycles. The molecule has 1 heterocycles. The number of amides is 2. The van der Waals surface area contributed by atoms with Gasteiger partial charge in [-0.05, 0) is 41.0 Å². The van der Waals surface area contributed by atoms with E-state index in [0.717, 1.165) is 16.7 Å². The summed E-state index contributed by atoms with van der Waals surface area (Å²) in [6.07, 6.45) is 3.35. The normalized spacial score (nSPS) is 10.9. The highest BCUT2D eigenvalue weighted by Gasteiger charge is 2.15. The molecular formula is C26H24N4O3S. The Morgan fingerprint density at radius 3 is 2.26 bits per heavy atom. The van der Waals surface area contributed by atoms with Gasteiger partial charge in [-0.3, -0.25) is 9.71 Å². The molecule has 0 saturated carbocycles. The van der Waals surface area contributed by atoms with Crippen LogP contribution in [0.15, 0.2) is 103 Å². The number of carbonyl (C=O) groups is 1. The third-order valence-corrected chi connectivity index (χ3v) is 6.27. The van der Waals surface area contributed by atoms with Gasteiger partial charge < -0.3 is 10.6 Å². The van der Waals surface area contributed by atoms with E-state index in [2.05, 4.69) is 20.3 Å². The number of urea groups is 1. The average molecular weight is 473 g/mol. The summed E-state index contributed by atoms with van der Waals surface area (Å²) in [5, 5.41) is 5.48. The number of pyridine rings is 1. The first kappa shape index (κ1) is 23.0. The summed E-state index contributed by atoms with van der Waals surface area (Å²) < 4.78 is 28.4. The summed E-state index contributed by atoms with van der Waals surface area (Å²) >= 11 is 0. The zero-order chi connectivity index (χ0) is 23.8. The van der Waals surface area contributed by atoms with Crippen LogP contribution in [-0.4, -0.2) is 19.4 Å². The highest BCUT2D eigenvalue weighted by Crippen LogP contribution is 2.28. The smallest absolute Gasteiger partial charge is 0.319 e. The molecule has 0 bridgehead atoms. The van der Waals surface area contributed by atoms with Crippen LogP contribution in [0.2, 0.25) is 0 Å². The fourth-order valence-electron chi connectivity index (χ4n) is 3.41. The van der Waals surface area contributed by atoms with E-state index in [-0.39, 0.29) is 11.8 Å². The van der Waals surface area contributed by atoms with Crippen molar-refractivity contribution in [2.45, 2.75) is 12.3 Å². The molecule has 4 rings (SSSR count). The molecule has 2 amide bonds. The van der Waals surface area contributed by atoms with E-state index in [9.17, 15) is 13.2 Å². The second kappa shape index (κ2) is 10.6. The molecule has 0 aliphatic rings. The second-order valence-electron chi connectivity index (χ2n) is 7.64. The van der Waals surface area contributed by atoms with Crippen LogP contribution < -0.4 is 15.4 Å². The van der Waals surface area contributed by atoms with Crippen LogP contribution in [0.25, 0.3) is 11.1 Å². The van der Waals surface area contributed by atoms with Crippen molar-refractivity contribution in [1.82, 2.24) is 10.3 Å². The fourth-order valence-corrected chi connectivity index (χ4v) is 4.63. The number of benzene rings is 3. The second-order valence-corrected chi connectivity index (χ2v) is 9.36.